The van der Waals surface area contributed by atoms with Gasteiger partial charge >= 0.3 is 0 Å². The first-order valence-corrected chi connectivity index (χ1v) is 9.37. The van der Waals surface area contributed by atoms with E-state index in [1.807, 2.05) is 31.2 Å². The minimum absolute atomic E-state index is 0.0253. The van der Waals surface area contributed by atoms with E-state index in [1.54, 1.807) is 17.0 Å². The number of aryl methyl sites for hydroxylation is 1. The van der Waals surface area contributed by atoms with Gasteiger partial charge in [0.15, 0.2) is 0 Å². The summed E-state index contributed by atoms with van der Waals surface area (Å²) in [6.45, 7) is 4.04. The van der Waals surface area contributed by atoms with Crippen LogP contribution in [0.2, 0.25) is 0 Å². The number of nitro groups is 1. The van der Waals surface area contributed by atoms with Crippen molar-refractivity contribution in [2.75, 3.05) is 26.3 Å². The number of carbonyl (C=O) groups is 1. The second-order valence-corrected chi connectivity index (χ2v) is 7.08. The van der Waals surface area contributed by atoms with Gasteiger partial charge in [-0.25, -0.2) is 0 Å². The molecule has 136 valence electrons. The molecule has 7 heteroatoms. The Morgan fingerprint density at radius 1 is 1.23 bits per heavy atom. The first-order chi connectivity index (χ1) is 12.6. The third-order valence-electron chi connectivity index (χ3n) is 4.35. The Bertz CT molecular complexity index is 819. The van der Waals surface area contributed by atoms with Crippen molar-refractivity contribution in [2.45, 2.75) is 17.6 Å². The van der Waals surface area contributed by atoms with Gasteiger partial charge in [0.25, 0.3) is 11.6 Å². The summed E-state index contributed by atoms with van der Waals surface area (Å²) in [7, 11) is 0. The van der Waals surface area contributed by atoms with Crippen LogP contribution >= 0.6 is 11.8 Å². The van der Waals surface area contributed by atoms with Gasteiger partial charge in [-0.1, -0.05) is 24.3 Å². The van der Waals surface area contributed by atoms with Crippen LogP contribution in [-0.2, 0) is 10.5 Å². The number of benzene rings is 2. The van der Waals surface area contributed by atoms with Crippen molar-refractivity contribution in [3.63, 3.8) is 0 Å². The van der Waals surface area contributed by atoms with Crippen molar-refractivity contribution >= 4 is 23.4 Å². The summed E-state index contributed by atoms with van der Waals surface area (Å²) in [5.41, 5.74) is 2.61. The van der Waals surface area contributed by atoms with Crippen molar-refractivity contribution in [1.29, 1.82) is 0 Å². The van der Waals surface area contributed by atoms with Crippen LogP contribution in [0.1, 0.15) is 21.5 Å². The number of amides is 1. The highest BCUT2D eigenvalue weighted by atomic mass is 32.2. The molecule has 0 bridgehead atoms. The molecule has 2 aromatic carbocycles. The van der Waals surface area contributed by atoms with E-state index in [-0.39, 0.29) is 11.6 Å². The number of nitrogens with zero attached hydrogens (tertiary/aromatic N) is 2. The molecule has 0 unspecified atom stereocenters. The zero-order valence-corrected chi connectivity index (χ0v) is 15.3. The lowest BCUT2D eigenvalue weighted by Gasteiger charge is -2.26. The Balaban J connectivity index is 1.79. The summed E-state index contributed by atoms with van der Waals surface area (Å²) < 4.78 is 5.24. The van der Waals surface area contributed by atoms with E-state index in [0.717, 1.165) is 11.1 Å². The van der Waals surface area contributed by atoms with Gasteiger partial charge in [-0.15, -0.1) is 11.8 Å². The van der Waals surface area contributed by atoms with Gasteiger partial charge in [0.1, 0.15) is 0 Å². The van der Waals surface area contributed by atoms with Gasteiger partial charge in [0, 0.05) is 30.5 Å². The summed E-state index contributed by atoms with van der Waals surface area (Å²) in [4.78, 5) is 25.9. The summed E-state index contributed by atoms with van der Waals surface area (Å²) in [5.74, 6) is 0.455. The molecule has 0 spiro atoms. The Hall–Kier alpha value is -2.38. The Morgan fingerprint density at radius 2 is 1.96 bits per heavy atom. The van der Waals surface area contributed by atoms with Crippen LogP contribution in [0.4, 0.5) is 5.69 Å². The van der Waals surface area contributed by atoms with Crippen LogP contribution in [0, 0.1) is 17.0 Å². The predicted octanol–water partition coefficient (Wildman–Crippen LogP) is 3.67. The number of carbonyl (C=O) groups excluding carboxylic acids is 1. The molecule has 1 saturated heterocycles. The van der Waals surface area contributed by atoms with Crippen LogP contribution in [0.25, 0.3) is 0 Å². The minimum Gasteiger partial charge on any atom is -0.378 e. The molecule has 0 N–H and O–H groups in total. The quantitative estimate of drug-likeness (QED) is 0.455. The van der Waals surface area contributed by atoms with Crippen molar-refractivity contribution in [3.8, 4) is 0 Å². The number of thioether (sulfide) groups is 1. The summed E-state index contributed by atoms with van der Waals surface area (Å²) in [6.07, 6.45) is 0. The van der Waals surface area contributed by atoms with E-state index >= 15 is 0 Å². The number of rotatable bonds is 5. The maximum Gasteiger partial charge on any atom is 0.283 e. The minimum atomic E-state index is -0.420. The molecule has 1 amide bonds. The molecule has 0 aliphatic carbocycles. The molecule has 1 aliphatic heterocycles. The van der Waals surface area contributed by atoms with Crippen LogP contribution in [0.3, 0.4) is 0 Å². The number of morpholine rings is 1. The van der Waals surface area contributed by atoms with Crippen LogP contribution in [-0.4, -0.2) is 42.0 Å². The van der Waals surface area contributed by atoms with Crippen molar-refractivity contribution in [3.05, 3.63) is 69.3 Å². The first kappa shape index (κ1) is 18.4. The SMILES string of the molecule is Cc1ccccc1CSc1ccc(C(=O)N2CCOCC2)cc1[N+](=O)[O-]. The second kappa shape index (κ2) is 8.33. The van der Waals surface area contributed by atoms with Gasteiger partial charge in [-0.3, -0.25) is 14.9 Å². The maximum absolute atomic E-state index is 12.6. The highest BCUT2D eigenvalue weighted by molar-refractivity contribution is 7.98. The monoisotopic (exact) mass is 372 g/mol. The lowest BCUT2D eigenvalue weighted by molar-refractivity contribution is -0.387. The zero-order valence-electron chi connectivity index (χ0n) is 14.5. The Morgan fingerprint density at radius 3 is 2.65 bits per heavy atom. The molecule has 1 fully saturated rings. The molecule has 0 radical (unpaired) electrons. The molecule has 6 nitrogen and oxygen atoms in total. The number of hydrogen-bond donors (Lipinski definition) is 0. The molecule has 3 rings (SSSR count). The van der Waals surface area contributed by atoms with E-state index in [9.17, 15) is 14.9 Å². The first-order valence-electron chi connectivity index (χ1n) is 8.39. The Labute approximate surface area is 156 Å². The average molecular weight is 372 g/mol. The summed E-state index contributed by atoms with van der Waals surface area (Å²) in [5, 5.41) is 11.5. The third kappa shape index (κ3) is 4.23. The standard InChI is InChI=1S/C19H20N2O4S/c1-14-4-2-3-5-16(14)13-26-18-7-6-15(12-17(18)21(23)24)19(22)20-8-10-25-11-9-20/h2-7,12H,8-11,13H2,1H3. The van der Waals surface area contributed by atoms with Crippen LogP contribution < -0.4 is 0 Å². The molecular weight excluding hydrogens is 352 g/mol. The molecule has 0 saturated carbocycles. The largest absolute Gasteiger partial charge is 0.378 e. The van der Waals surface area contributed by atoms with Crippen molar-refractivity contribution in [1.82, 2.24) is 4.90 Å². The lowest BCUT2D eigenvalue weighted by atomic mass is 10.1. The van der Waals surface area contributed by atoms with Gasteiger partial charge < -0.3 is 9.64 Å². The predicted molar refractivity (Wildman–Crippen MR) is 101 cm³/mol. The van der Waals surface area contributed by atoms with E-state index in [4.69, 9.17) is 4.74 Å². The fourth-order valence-corrected chi connectivity index (χ4v) is 3.87. The van der Waals surface area contributed by atoms with Crippen molar-refractivity contribution < 1.29 is 14.5 Å². The van der Waals surface area contributed by atoms with Crippen molar-refractivity contribution in [2.24, 2.45) is 0 Å². The smallest absolute Gasteiger partial charge is 0.283 e. The van der Waals surface area contributed by atoms with E-state index in [1.165, 1.54) is 17.8 Å². The topological polar surface area (TPSA) is 72.7 Å². The maximum atomic E-state index is 12.6. The lowest BCUT2D eigenvalue weighted by Crippen LogP contribution is -2.40. The number of ether oxygens (including phenoxy) is 1. The average Bonchev–Trinajstić information content (AvgIpc) is 2.67. The van der Waals surface area contributed by atoms with Crippen LogP contribution in [0.15, 0.2) is 47.4 Å². The molecule has 2 aromatic rings. The molecular formula is C19H20N2O4S. The highest BCUT2D eigenvalue weighted by Crippen LogP contribution is 2.33. The highest BCUT2D eigenvalue weighted by Gasteiger charge is 2.22. The Kier molecular flexibility index (Phi) is 5.90. The van der Waals surface area contributed by atoms with Gasteiger partial charge in [-0.2, -0.15) is 0 Å². The normalized spacial score (nSPS) is 14.3. The summed E-state index contributed by atoms with van der Waals surface area (Å²) in [6, 6.07) is 12.7. The number of hydrogen-bond acceptors (Lipinski definition) is 5. The number of nitro benzene ring substituents is 1. The third-order valence-corrected chi connectivity index (χ3v) is 5.46. The van der Waals surface area contributed by atoms with Gasteiger partial charge in [0.2, 0.25) is 0 Å². The zero-order chi connectivity index (χ0) is 18.5. The fraction of sp³-hybridized carbons (Fsp3) is 0.316. The molecule has 26 heavy (non-hydrogen) atoms. The molecule has 0 atom stereocenters. The molecule has 0 aromatic heterocycles. The summed E-state index contributed by atoms with van der Waals surface area (Å²) >= 11 is 1.41. The second-order valence-electron chi connectivity index (χ2n) is 6.06. The van der Waals surface area contributed by atoms with E-state index in [2.05, 4.69) is 0 Å². The molecule has 1 aliphatic rings. The van der Waals surface area contributed by atoms with E-state index < -0.39 is 4.92 Å². The fourth-order valence-electron chi connectivity index (χ4n) is 2.79. The molecule has 1 heterocycles. The van der Waals surface area contributed by atoms with E-state index in [0.29, 0.717) is 42.5 Å². The van der Waals surface area contributed by atoms with Gasteiger partial charge in [0.05, 0.1) is 23.0 Å². The van der Waals surface area contributed by atoms with Gasteiger partial charge in [-0.05, 0) is 30.2 Å². The van der Waals surface area contributed by atoms with Crippen LogP contribution in [0.5, 0.6) is 0 Å².